The minimum Gasteiger partial charge on any atom is -0.508 e. The van der Waals surface area contributed by atoms with Gasteiger partial charge < -0.3 is 10.4 Å². The molecule has 90 valence electrons. The van der Waals surface area contributed by atoms with Crippen molar-refractivity contribution in [2.45, 2.75) is 26.4 Å². The molecule has 1 unspecified atom stereocenters. The molecule has 0 spiro atoms. The van der Waals surface area contributed by atoms with E-state index in [2.05, 4.69) is 22.6 Å². The van der Waals surface area contributed by atoms with Crippen LogP contribution in [-0.2, 0) is 6.54 Å². The van der Waals surface area contributed by atoms with Crippen molar-refractivity contribution in [3.05, 3.63) is 45.9 Å². The van der Waals surface area contributed by atoms with Gasteiger partial charge in [-0.25, -0.2) is 4.98 Å². The van der Waals surface area contributed by atoms with Crippen molar-refractivity contribution in [1.29, 1.82) is 0 Å². The molecule has 0 aliphatic carbocycles. The lowest BCUT2D eigenvalue weighted by atomic mass is 10.2. The van der Waals surface area contributed by atoms with E-state index in [-0.39, 0.29) is 6.04 Å². The summed E-state index contributed by atoms with van der Waals surface area (Å²) in [5.41, 5.74) is 2.14. The molecule has 2 aromatic rings. The maximum atomic E-state index is 9.36. The van der Waals surface area contributed by atoms with E-state index in [4.69, 9.17) is 0 Å². The van der Waals surface area contributed by atoms with Crippen molar-refractivity contribution >= 4 is 11.3 Å². The lowest BCUT2D eigenvalue weighted by Gasteiger charge is -2.11. The molecule has 1 heterocycles. The van der Waals surface area contributed by atoms with E-state index in [1.54, 1.807) is 23.5 Å². The molecule has 2 rings (SSSR count). The topological polar surface area (TPSA) is 45.1 Å². The molecule has 0 amide bonds. The van der Waals surface area contributed by atoms with E-state index in [1.165, 1.54) is 0 Å². The first-order chi connectivity index (χ1) is 8.15. The molecule has 0 radical (unpaired) electrons. The van der Waals surface area contributed by atoms with Crippen LogP contribution in [0.15, 0.2) is 29.6 Å². The molecule has 2 N–H and O–H groups in total. The van der Waals surface area contributed by atoms with E-state index >= 15 is 0 Å². The Labute approximate surface area is 105 Å². The summed E-state index contributed by atoms with van der Waals surface area (Å²) in [6.45, 7) is 4.83. The lowest BCUT2D eigenvalue weighted by Crippen LogP contribution is -2.17. The third kappa shape index (κ3) is 3.28. The van der Waals surface area contributed by atoms with Gasteiger partial charge in [0.05, 0.1) is 6.04 Å². The van der Waals surface area contributed by atoms with Crippen molar-refractivity contribution in [3.63, 3.8) is 0 Å². The number of benzene rings is 1. The van der Waals surface area contributed by atoms with Crippen LogP contribution in [-0.4, -0.2) is 10.1 Å². The highest BCUT2D eigenvalue weighted by Gasteiger charge is 2.08. The molecule has 4 heteroatoms. The maximum Gasteiger partial charge on any atom is 0.115 e. The van der Waals surface area contributed by atoms with E-state index in [0.29, 0.717) is 5.75 Å². The highest BCUT2D eigenvalue weighted by molar-refractivity contribution is 7.09. The summed E-state index contributed by atoms with van der Waals surface area (Å²) in [7, 11) is 0. The molecule has 1 aromatic heterocycles. The van der Waals surface area contributed by atoms with Crippen LogP contribution in [0.25, 0.3) is 0 Å². The summed E-state index contributed by atoms with van der Waals surface area (Å²) >= 11 is 1.67. The van der Waals surface area contributed by atoms with Crippen molar-refractivity contribution in [3.8, 4) is 5.75 Å². The quantitative estimate of drug-likeness (QED) is 0.874. The Morgan fingerprint density at radius 2 is 2.29 bits per heavy atom. The minimum atomic E-state index is 0.232. The van der Waals surface area contributed by atoms with Crippen LogP contribution in [0.4, 0.5) is 0 Å². The molecular formula is C13H16N2OS. The zero-order valence-corrected chi connectivity index (χ0v) is 10.8. The van der Waals surface area contributed by atoms with Crippen molar-refractivity contribution < 1.29 is 5.11 Å². The van der Waals surface area contributed by atoms with Crippen LogP contribution in [0.2, 0.25) is 0 Å². The van der Waals surface area contributed by atoms with Gasteiger partial charge in [-0.05, 0) is 31.5 Å². The predicted molar refractivity (Wildman–Crippen MR) is 70.2 cm³/mol. The van der Waals surface area contributed by atoms with Gasteiger partial charge in [-0.15, -0.1) is 11.3 Å². The van der Waals surface area contributed by atoms with E-state index < -0.39 is 0 Å². The molecule has 0 fully saturated rings. The van der Waals surface area contributed by atoms with Crippen LogP contribution >= 0.6 is 11.3 Å². The molecule has 0 saturated carbocycles. The number of hydrogen-bond acceptors (Lipinski definition) is 4. The number of nitrogens with zero attached hydrogens (tertiary/aromatic N) is 1. The predicted octanol–water partition coefficient (Wildman–Crippen LogP) is 3.01. The molecule has 0 saturated heterocycles. The first-order valence-corrected chi connectivity index (χ1v) is 6.46. The summed E-state index contributed by atoms with van der Waals surface area (Å²) in [5, 5.41) is 15.9. The largest absolute Gasteiger partial charge is 0.508 e. The van der Waals surface area contributed by atoms with E-state index in [9.17, 15) is 5.11 Å². The molecule has 17 heavy (non-hydrogen) atoms. The molecule has 1 atom stereocenters. The summed E-state index contributed by atoms with van der Waals surface area (Å²) in [4.78, 5) is 4.45. The highest BCUT2D eigenvalue weighted by atomic mass is 32.1. The first-order valence-electron chi connectivity index (χ1n) is 5.58. The second-order valence-corrected chi connectivity index (χ2v) is 4.99. The SMILES string of the molecule is Cc1csc(C(C)NCc2cccc(O)c2)n1. The second kappa shape index (κ2) is 5.29. The minimum absolute atomic E-state index is 0.232. The highest BCUT2D eigenvalue weighted by Crippen LogP contribution is 2.18. The maximum absolute atomic E-state index is 9.36. The number of rotatable bonds is 4. The van der Waals surface area contributed by atoms with Crippen molar-refractivity contribution in [2.24, 2.45) is 0 Å². The smallest absolute Gasteiger partial charge is 0.115 e. The number of thiazole rings is 1. The van der Waals surface area contributed by atoms with Gasteiger partial charge in [0.2, 0.25) is 0 Å². The number of phenolic OH excluding ortho intramolecular Hbond substituents is 1. The van der Waals surface area contributed by atoms with Gasteiger partial charge >= 0.3 is 0 Å². The van der Waals surface area contributed by atoms with Gasteiger partial charge in [0, 0.05) is 17.6 Å². The normalized spacial score (nSPS) is 12.6. The van der Waals surface area contributed by atoms with Gasteiger partial charge in [0.1, 0.15) is 10.8 Å². The molecular weight excluding hydrogens is 232 g/mol. The van der Waals surface area contributed by atoms with Gasteiger partial charge in [0.15, 0.2) is 0 Å². The van der Waals surface area contributed by atoms with Crippen LogP contribution in [0.1, 0.15) is 29.2 Å². The molecule has 0 aliphatic heterocycles. The zero-order valence-electron chi connectivity index (χ0n) is 9.97. The van der Waals surface area contributed by atoms with E-state index in [1.807, 2.05) is 19.1 Å². The van der Waals surface area contributed by atoms with Crippen LogP contribution in [0.5, 0.6) is 5.75 Å². The molecule has 1 aromatic carbocycles. The average molecular weight is 248 g/mol. The molecule has 0 aliphatic rings. The zero-order chi connectivity index (χ0) is 12.3. The number of hydrogen-bond donors (Lipinski definition) is 2. The van der Waals surface area contributed by atoms with Gasteiger partial charge in [0.25, 0.3) is 0 Å². The van der Waals surface area contributed by atoms with Gasteiger partial charge in [-0.3, -0.25) is 0 Å². The van der Waals surface area contributed by atoms with Crippen LogP contribution < -0.4 is 5.32 Å². The number of aromatic hydroxyl groups is 1. The molecule has 3 nitrogen and oxygen atoms in total. The Kier molecular flexibility index (Phi) is 3.76. The fraction of sp³-hybridized carbons (Fsp3) is 0.308. The van der Waals surface area contributed by atoms with Crippen LogP contribution in [0, 0.1) is 6.92 Å². The number of aryl methyl sites for hydroxylation is 1. The number of phenols is 1. The second-order valence-electron chi connectivity index (χ2n) is 4.10. The summed E-state index contributed by atoms with van der Waals surface area (Å²) in [6, 6.07) is 7.53. The third-order valence-corrected chi connectivity index (χ3v) is 3.68. The average Bonchev–Trinajstić information content (AvgIpc) is 2.73. The Morgan fingerprint density at radius 3 is 2.94 bits per heavy atom. The van der Waals surface area contributed by atoms with Crippen molar-refractivity contribution in [2.75, 3.05) is 0 Å². The van der Waals surface area contributed by atoms with Crippen LogP contribution in [0.3, 0.4) is 0 Å². The van der Waals surface area contributed by atoms with Gasteiger partial charge in [-0.2, -0.15) is 0 Å². The summed E-state index contributed by atoms with van der Waals surface area (Å²) < 4.78 is 0. The third-order valence-electron chi connectivity index (χ3n) is 2.53. The van der Waals surface area contributed by atoms with E-state index in [0.717, 1.165) is 22.8 Å². The summed E-state index contributed by atoms with van der Waals surface area (Å²) in [6.07, 6.45) is 0. The monoisotopic (exact) mass is 248 g/mol. The fourth-order valence-corrected chi connectivity index (χ4v) is 2.42. The number of aromatic nitrogens is 1. The number of nitrogens with one attached hydrogen (secondary N) is 1. The fourth-order valence-electron chi connectivity index (χ4n) is 1.60. The first kappa shape index (κ1) is 12.1. The lowest BCUT2D eigenvalue weighted by molar-refractivity contribution is 0.473. The van der Waals surface area contributed by atoms with Gasteiger partial charge in [-0.1, -0.05) is 12.1 Å². The van der Waals surface area contributed by atoms with Crippen molar-refractivity contribution in [1.82, 2.24) is 10.3 Å². The Balaban J connectivity index is 1.94. The molecule has 0 bridgehead atoms. The Morgan fingerprint density at radius 1 is 1.47 bits per heavy atom. The standard InChI is InChI=1S/C13H16N2OS/c1-9-8-17-13(15-9)10(2)14-7-11-4-3-5-12(16)6-11/h3-6,8,10,14,16H,7H2,1-2H3. The Bertz CT molecular complexity index is 496. The summed E-state index contributed by atoms with van der Waals surface area (Å²) in [5.74, 6) is 0.307. The Hall–Kier alpha value is -1.39.